The fraction of sp³-hybridized carbons (Fsp3) is 0.667. The van der Waals surface area contributed by atoms with Crippen molar-refractivity contribution in [1.29, 1.82) is 0 Å². The van der Waals surface area contributed by atoms with Gasteiger partial charge in [-0.1, -0.05) is 11.8 Å². The standard InChI is InChI=1S/C12H20N4OS/c1-4-13-10-7-11(16-12(15-10)18-3)14-8-5-9(6-8)17-2/h7-9H,4-6H2,1-3H3,(H2,13,14,15,16). The summed E-state index contributed by atoms with van der Waals surface area (Å²) in [4.78, 5) is 8.87. The lowest BCUT2D eigenvalue weighted by atomic mass is 9.89. The van der Waals surface area contributed by atoms with Crippen molar-refractivity contribution < 1.29 is 4.74 Å². The molecular formula is C12H20N4OS. The minimum absolute atomic E-state index is 0.401. The zero-order chi connectivity index (χ0) is 13.0. The van der Waals surface area contributed by atoms with Gasteiger partial charge < -0.3 is 15.4 Å². The normalized spacial score (nSPS) is 22.4. The van der Waals surface area contributed by atoms with Gasteiger partial charge in [-0.2, -0.15) is 0 Å². The van der Waals surface area contributed by atoms with Gasteiger partial charge in [-0.25, -0.2) is 9.97 Å². The van der Waals surface area contributed by atoms with E-state index in [0.717, 1.165) is 36.2 Å². The molecule has 100 valence electrons. The van der Waals surface area contributed by atoms with Crippen molar-refractivity contribution in [2.75, 3.05) is 30.5 Å². The molecule has 0 aromatic carbocycles. The molecule has 0 aliphatic heterocycles. The molecule has 0 unspecified atom stereocenters. The van der Waals surface area contributed by atoms with Crippen LogP contribution in [0.1, 0.15) is 19.8 Å². The third-order valence-corrected chi connectivity index (χ3v) is 3.57. The summed E-state index contributed by atoms with van der Waals surface area (Å²) in [7, 11) is 1.76. The topological polar surface area (TPSA) is 59.1 Å². The summed E-state index contributed by atoms with van der Waals surface area (Å²) in [5.41, 5.74) is 0. The van der Waals surface area contributed by atoms with E-state index in [1.807, 2.05) is 12.3 Å². The number of hydrogen-bond donors (Lipinski definition) is 2. The van der Waals surface area contributed by atoms with Crippen LogP contribution in [-0.2, 0) is 4.74 Å². The van der Waals surface area contributed by atoms with Crippen molar-refractivity contribution in [3.8, 4) is 0 Å². The van der Waals surface area contributed by atoms with E-state index in [-0.39, 0.29) is 0 Å². The molecule has 1 aliphatic carbocycles. The molecular weight excluding hydrogens is 248 g/mol. The smallest absolute Gasteiger partial charge is 0.191 e. The van der Waals surface area contributed by atoms with Crippen molar-refractivity contribution in [1.82, 2.24) is 9.97 Å². The molecule has 1 saturated carbocycles. The molecule has 1 aromatic rings. The molecule has 18 heavy (non-hydrogen) atoms. The first kappa shape index (κ1) is 13.4. The van der Waals surface area contributed by atoms with Gasteiger partial charge in [0.05, 0.1) is 6.10 Å². The van der Waals surface area contributed by atoms with Gasteiger partial charge in [0.2, 0.25) is 0 Å². The van der Waals surface area contributed by atoms with Crippen molar-refractivity contribution in [2.24, 2.45) is 0 Å². The molecule has 1 heterocycles. The number of nitrogens with zero attached hydrogens (tertiary/aromatic N) is 2. The molecule has 0 spiro atoms. The molecule has 0 saturated heterocycles. The number of nitrogens with one attached hydrogen (secondary N) is 2. The van der Waals surface area contributed by atoms with Crippen molar-refractivity contribution >= 4 is 23.4 Å². The van der Waals surface area contributed by atoms with E-state index in [9.17, 15) is 0 Å². The van der Waals surface area contributed by atoms with E-state index in [1.54, 1.807) is 18.9 Å². The molecule has 6 heteroatoms. The third kappa shape index (κ3) is 3.26. The van der Waals surface area contributed by atoms with Gasteiger partial charge in [0.25, 0.3) is 0 Å². The van der Waals surface area contributed by atoms with E-state index in [4.69, 9.17) is 4.74 Å². The van der Waals surface area contributed by atoms with Crippen LogP contribution < -0.4 is 10.6 Å². The Morgan fingerprint density at radius 3 is 2.72 bits per heavy atom. The Bertz CT molecular complexity index is 396. The van der Waals surface area contributed by atoms with Crippen molar-refractivity contribution in [3.63, 3.8) is 0 Å². The van der Waals surface area contributed by atoms with Gasteiger partial charge in [-0.15, -0.1) is 0 Å². The monoisotopic (exact) mass is 268 g/mol. The molecule has 1 fully saturated rings. The van der Waals surface area contributed by atoms with E-state index in [2.05, 4.69) is 27.5 Å². The maximum absolute atomic E-state index is 5.27. The SMILES string of the molecule is CCNc1cc(NC2CC(OC)C2)nc(SC)n1. The molecule has 0 amide bonds. The fourth-order valence-electron chi connectivity index (χ4n) is 1.95. The first-order valence-electron chi connectivity index (χ1n) is 6.21. The third-order valence-electron chi connectivity index (χ3n) is 3.03. The Balaban J connectivity index is 2.00. The highest BCUT2D eigenvalue weighted by Crippen LogP contribution is 2.27. The quantitative estimate of drug-likeness (QED) is 0.609. The van der Waals surface area contributed by atoms with Gasteiger partial charge in [0, 0.05) is 25.8 Å². The van der Waals surface area contributed by atoms with Crippen LogP contribution in [0, 0.1) is 0 Å². The second-order valence-electron chi connectivity index (χ2n) is 4.33. The summed E-state index contributed by atoms with van der Waals surface area (Å²) in [6, 6.07) is 2.43. The van der Waals surface area contributed by atoms with Crippen LogP contribution in [0.4, 0.5) is 11.6 Å². The van der Waals surface area contributed by atoms with E-state index in [0.29, 0.717) is 12.1 Å². The Labute approximate surface area is 112 Å². The lowest BCUT2D eigenvalue weighted by Gasteiger charge is -2.34. The van der Waals surface area contributed by atoms with Crippen LogP contribution in [0.25, 0.3) is 0 Å². The largest absolute Gasteiger partial charge is 0.381 e. The highest BCUT2D eigenvalue weighted by atomic mass is 32.2. The minimum atomic E-state index is 0.401. The van der Waals surface area contributed by atoms with Crippen molar-refractivity contribution in [2.45, 2.75) is 37.1 Å². The van der Waals surface area contributed by atoms with Crippen LogP contribution in [-0.4, -0.2) is 42.0 Å². The van der Waals surface area contributed by atoms with Gasteiger partial charge in [-0.05, 0) is 26.0 Å². The number of rotatable bonds is 6. The molecule has 2 rings (SSSR count). The summed E-state index contributed by atoms with van der Waals surface area (Å²) in [6.07, 6.45) is 4.48. The summed E-state index contributed by atoms with van der Waals surface area (Å²) < 4.78 is 5.27. The van der Waals surface area contributed by atoms with E-state index in [1.165, 1.54) is 0 Å². The first-order chi connectivity index (χ1) is 8.75. The second-order valence-corrected chi connectivity index (χ2v) is 5.10. The zero-order valence-electron chi connectivity index (χ0n) is 11.1. The molecule has 1 aromatic heterocycles. The maximum atomic E-state index is 5.27. The molecule has 5 nitrogen and oxygen atoms in total. The molecule has 0 atom stereocenters. The van der Waals surface area contributed by atoms with Crippen LogP contribution in [0.3, 0.4) is 0 Å². The molecule has 0 radical (unpaired) electrons. The lowest BCUT2D eigenvalue weighted by Crippen LogP contribution is -2.40. The minimum Gasteiger partial charge on any atom is -0.381 e. The average Bonchev–Trinajstić information content (AvgIpc) is 2.33. The number of methoxy groups -OCH3 is 1. The second kappa shape index (κ2) is 6.24. The first-order valence-corrected chi connectivity index (χ1v) is 7.44. The average molecular weight is 268 g/mol. The van der Waals surface area contributed by atoms with Gasteiger partial charge >= 0.3 is 0 Å². The molecule has 0 bridgehead atoms. The predicted molar refractivity (Wildman–Crippen MR) is 75.4 cm³/mol. The number of thioether (sulfide) groups is 1. The summed E-state index contributed by atoms with van der Waals surface area (Å²) in [5, 5.41) is 7.44. The number of aromatic nitrogens is 2. The Morgan fingerprint density at radius 1 is 1.39 bits per heavy atom. The number of ether oxygens (including phenoxy) is 1. The lowest BCUT2D eigenvalue weighted by molar-refractivity contribution is 0.0328. The summed E-state index contributed by atoms with van der Waals surface area (Å²) >= 11 is 1.55. The predicted octanol–water partition coefficient (Wildman–Crippen LogP) is 2.22. The number of hydrogen-bond acceptors (Lipinski definition) is 6. The highest BCUT2D eigenvalue weighted by Gasteiger charge is 2.29. The molecule has 1 aliphatic rings. The Morgan fingerprint density at radius 2 is 2.11 bits per heavy atom. The number of anilines is 2. The maximum Gasteiger partial charge on any atom is 0.191 e. The van der Waals surface area contributed by atoms with Crippen LogP contribution >= 0.6 is 11.8 Å². The Hall–Kier alpha value is -1.01. The van der Waals surface area contributed by atoms with E-state index >= 15 is 0 Å². The van der Waals surface area contributed by atoms with Gasteiger partial charge in [0.15, 0.2) is 5.16 Å². The fourth-order valence-corrected chi connectivity index (χ4v) is 2.33. The van der Waals surface area contributed by atoms with Crippen LogP contribution in [0.5, 0.6) is 0 Å². The van der Waals surface area contributed by atoms with Crippen molar-refractivity contribution in [3.05, 3.63) is 6.07 Å². The summed E-state index contributed by atoms with van der Waals surface area (Å²) in [5.74, 6) is 1.77. The van der Waals surface area contributed by atoms with Crippen LogP contribution in [0.2, 0.25) is 0 Å². The Kier molecular flexibility index (Phi) is 4.66. The summed E-state index contributed by atoms with van der Waals surface area (Å²) in [6.45, 7) is 2.92. The van der Waals surface area contributed by atoms with Gasteiger partial charge in [0.1, 0.15) is 11.6 Å². The molecule has 2 N–H and O–H groups in total. The van der Waals surface area contributed by atoms with Crippen LogP contribution in [0.15, 0.2) is 11.2 Å². The van der Waals surface area contributed by atoms with Gasteiger partial charge in [-0.3, -0.25) is 0 Å². The highest BCUT2D eigenvalue weighted by molar-refractivity contribution is 7.98. The zero-order valence-corrected chi connectivity index (χ0v) is 11.9. The van der Waals surface area contributed by atoms with E-state index < -0.39 is 0 Å².